The van der Waals surface area contributed by atoms with Crippen LogP contribution in [0.4, 0.5) is 4.39 Å². The van der Waals surface area contributed by atoms with Gasteiger partial charge in [-0.15, -0.1) is 0 Å². The third kappa shape index (κ3) is 3.79. The minimum Gasteiger partial charge on any atom is -0.268 e. The van der Waals surface area contributed by atoms with E-state index in [1.54, 1.807) is 21.4 Å². The molecule has 0 saturated carbocycles. The summed E-state index contributed by atoms with van der Waals surface area (Å²) in [6.07, 6.45) is 1.87. The Morgan fingerprint density at radius 3 is 2.36 bits per heavy atom. The normalized spacial score (nSPS) is 11.2. The number of aryl methyl sites for hydroxylation is 1. The summed E-state index contributed by atoms with van der Waals surface area (Å²) in [6.45, 7) is 1.96. The summed E-state index contributed by atoms with van der Waals surface area (Å²) >= 11 is 0. The maximum atomic E-state index is 13.9. The van der Waals surface area contributed by atoms with Crippen molar-refractivity contribution >= 4 is 16.9 Å². The molecule has 2 heterocycles. The van der Waals surface area contributed by atoms with E-state index in [1.807, 2.05) is 92.0 Å². The molecule has 0 aliphatic carbocycles. The number of para-hydroxylation sites is 3. The number of halogens is 1. The van der Waals surface area contributed by atoms with E-state index in [0.29, 0.717) is 33.7 Å². The molecule has 174 valence electrons. The Bertz CT molecular complexity index is 1720. The van der Waals surface area contributed by atoms with Crippen molar-refractivity contribution in [1.29, 1.82) is 0 Å². The van der Waals surface area contributed by atoms with Crippen LogP contribution in [0.15, 0.2) is 109 Å². The van der Waals surface area contributed by atoms with Gasteiger partial charge in [0.15, 0.2) is 5.82 Å². The number of imidazole rings is 1. The van der Waals surface area contributed by atoms with Crippen molar-refractivity contribution in [3.8, 4) is 28.3 Å². The van der Waals surface area contributed by atoms with E-state index in [9.17, 15) is 9.18 Å². The van der Waals surface area contributed by atoms with Crippen LogP contribution < -0.4 is 0 Å². The summed E-state index contributed by atoms with van der Waals surface area (Å²) in [4.78, 5) is 18.8. The van der Waals surface area contributed by atoms with E-state index in [-0.39, 0.29) is 11.7 Å². The average Bonchev–Trinajstić information content (AvgIpc) is 3.51. The van der Waals surface area contributed by atoms with Crippen LogP contribution in [0.25, 0.3) is 39.4 Å². The standard InChI is InChI=1S/C30H21FN4O/c1-20-8-7-9-22(18-20)30(36)35-27-13-6-5-12-26(27)32-29(35)25-19-34(24-10-3-2-4-11-24)33-28(25)21-14-16-23(31)17-15-21/h2-19H,1H3. The molecule has 6 heteroatoms. The second kappa shape index (κ2) is 8.74. The Kier molecular flexibility index (Phi) is 5.26. The summed E-state index contributed by atoms with van der Waals surface area (Å²) in [5, 5.41) is 4.84. The molecule has 0 spiro atoms. The first-order valence-corrected chi connectivity index (χ1v) is 11.6. The van der Waals surface area contributed by atoms with Crippen molar-refractivity contribution in [1.82, 2.24) is 19.3 Å². The molecular weight excluding hydrogens is 451 g/mol. The van der Waals surface area contributed by atoms with Gasteiger partial charge in [0.2, 0.25) is 0 Å². The zero-order valence-corrected chi connectivity index (χ0v) is 19.5. The monoisotopic (exact) mass is 472 g/mol. The van der Waals surface area contributed by atoms with Crippen molar-refractivity contribution < 1.29 is 9.18 Å². The second-order valence-corrected chi connectivity index (χ2v) is 8.61. The van der Waals surface area contributed by atoms with Crippen molar-refractivity contribution in [2.24, 2.45) is 0 Å². The Morgan fingerprint density at radius 1 is 0.833 bits per heavy atom. The highest BCUT2D eigenvalue weighted by Gasteiger charge is 2.24. The number of carbonyl (C=O) groups excluding carboxylic acids is 1. The molecule has 36 heavy (non-hydrogen) atoms. The number of rotatable bonds is 4. The molecular formula is C30H21FN4O. The van der Waals surface area contributed by atoms with Gasteiger partial charge in [-0.1, -0.05) is 48.0 Å². The Balaban J connectivity index is 1.63. The number of fused-ring (bicyclic) bond motifs is 1. The predicted molar refractivity (Wildman–Crippen MR) is 139 cm³/mol. The largest absolute Gasteiger partial charge is 0.268 e. The molecule has 0 radical (unpaired) electrons. The minimum atomic E-state index is -0.329. The molecule has 0 unspecified atom stereocenters. The SMILES string of the molecule is Cc1cccc(C(=O)n2c(-c3cn(-c4ccccc4)nc3-c3ccc(F)cc3)nc3ccccc32)c1. The molecule has 0 aliphatic rings. The van der Waals surface area contributed by atoms with Crippen molar-refractivity contribution in [2.75, 3.05) is 0 Å². The molecule has 0 fully saturated rings. The van der Waals surface area contributed by atoms with Crippen LogP contribution in [-0.2, 0) is 0 Å². The van der Waals surface area contributed by atoms with E-state index < -0.39 is 0 Å². The Hall–Kier alpha value is -4.84. The van der Waals surface area contributed by atoms with Gasteiger partial charge in [-0.3, -0.25) is 9.36 Å². The maximum Gasteiger partial charge on any atom is 0.264 e. The lowest BCUT2D eigenvalue weighted by atomic mass is 10.1. The van der Waals surface area contributed by atoms with Crippen molar-refractivity contribution in [3.05, 3.63) is 126 Å². The van der Waals surface area contributed by atoms with Crippen LogP contribution in [0.3, 0.4) is 0 Å². The van der Waals surface area contributed by atoms with E-state index in [1.165, 1.54) is 12.1 Å². The van der Waals surface area contributed by atoms with Gasteiger partial charge in [0.1, 0.15) is 11.5 Å². The van der Waals surface area contributed by atoms with Crippen LogP contribution in [0, 0.1) is 12.7 Å². The molecule has 6 aromatic rings. The van der Waals surface area contributed by atoms with Crippen molar-refractivity contribution in [2.45, 2.75) is 6.92 Å². The first-order chi connectivity index (χ1) is 17.6. The summed E-state index contributed by atoms with van der Waals surface area (Å²) < 4.78 is 17.1. The zero-order valence-electron chi connectivity index (χ0n) is 19.5. The summed E-state index contributed by atoms with van der Waals surface area (Å²) in [7, 11) is 0. The van der Waals surface area contributed by atoms with Gasteiger partial charge in [-0.05, 0) is 67.6 Å². The van der Waals surface area contributed by atoms with Gasteiger partial charge in [0.25, 0.3) is 5.91 Å². The van der Waals surface area contributed by atoms with Gasteiger partial charge in [-0.25, -0.2) is 14.1 Å². The van der Waals surface area contributed by atoms with Crippen LogP contribution in [-0.4, -0.2) is 25.2 Å². The summed E-state index contributed by atoms with van der Waals surface area (Å²) in [5.41, 5.74) is 5.83. The molecule has 0 amide bonds. The third-order valence-corrected chi connectivity index (χ3v) is 6.12. The highest BCUT2D eigenvalue weighted by atomic mass is 19.1. The smallest absolute Gasteiger partial charge is 0.264 e. The molecule has 0 atom stereocenters. The van der Waals surface area contributed by atoms with E-state index in [4.69, 9.17) is 10.1 Å². The molecule has 4 aromatic carbocycles. The topological polar surface area (TPSA) is 52.7 Å². The lowest BCUT2D eigenvalue weighted by Gasteiger charge is -2.09. The number of hydrogen-bond donors (Lipinski definition) is 0. The lowest BCUT2D eigenvalue weighted by Crippen LogP contribution is -2.13. The quantitative estimate of drug-likeness (QED) is 0.287. The van der Waals surface area contributed by atoms with Gasteiger partial charge >= 0.3 is 0 Å². The highest BCUT2D eigenvalue weighted by molar-refractivity contribution is 6.04. The van der Waals surface area contributed by atoms with Gasteiger partial charge in [0.05, 0.1) is 22.3 Å². The number of carbonyl (C=O) groups is 1. The predicted octanol–water partition coefficient (Wildman–Crippen LogP) is 6.69. The summed E-state index contributed by atoms with van der Waals surface area (Å²) in [6, 6.07) is 31.0. The maximum absolute atomic E-state index is 13.9. The number of aromatic nitrogens is 4. The van der Waals surface area contributed by atoms with Crippen LogP contribution in [0.1, 0.15) is 15.9 Å². The average molecular weight is 473 g/mol. The fourth-order valence-corrected chi connectivity index (χ4v) is 4.39. The Morgan fingerprint density at radius 2 is 1.58 bits per heavy atom. The molecule has 0 bridgehead atoms. The number of nitrogens with zero attached hydrogens (tertiary/aromatic N) is 4. The van der Waals surface area contributed by atoms with Crippen LogP contribution >= 0.6 is 0 Å². The molecule has 6 rings (SSSR count). The zero-order chi connectivity index (χ0) is 24.6. The highest BCUT2D eigenvalue weighted by Crippen LogP contribution is 2.34. The van der Waals surface area contributed by atoms with E-state index in [0.717, 1.165) is 16.8 Å². The van der Waals surface area contributed by atoms with Gasteiger partial charge in [0, 0.05) is 17.3 Å². The first kappa shape index (κ1) is 21.7. The number of hydrogen-bond acceptors (Lipinski definition) is 3. The van der Waals surface area contributed by atoms with Crippen molar-refractivity contribution in [3.63, 3.8) is 0 Å². The van der Waals surface area contributed by atoms with E-state index in [2.05, 4.69) is 0 Å². The van der Waals surface area contributed by atoms with Crippen LogP contribution in [0.5, 0.6) is 0 Å². The fourth-order valence-electron chi connectivity index (χ4n) is 4.39. The molecule has 0 aliphatic heterocycles. The summed E-state index contributed by atoms with van der Waals surface area (Å²) in [5.74, 6) is -0.0335. The fraction of sp³-hybridized carbons (Fsp3) is 0.0333. The van der Waals surface area contributed by atoms with Gasteiger partial charge in [-0.2, -0.15) is 5.10 Å². The Labute approximate surface area is 207 Å². The lowest BCUT2D eigenvalue weighted by molar-refractivity contribution is 0.0966. The number of benzene rings is 4. The van der Waals surface area contributed by atoms with E-state index >= 15 is 0 Å². The minimum absolute atomic E-state index is 0.181. The molecule has 5 nitrogen and oxygen atoms in total. The first-order valence-electron chi connectivity index (χ1n) is 11.6. The van der Waals surface area contributed by atoms with Crippen LogP contribution in [0.2, 0.25) is 0 Å². The van der Waals surface area contributed by atoms with Gasteiger partial charge < -0.3 is 0 Å². The molecule has 0 N–H and O–H groups in total. The molecule has 2 aromatic heterocycles. The molecule has 0 saturated heterocycles. The third-order valence-electron chi connectivity index (χ3n) is 6.12. The second-order valence-electron chi connectivity index (χ2n) is 8.61.